The molecule has 0 amide bonds. The van der Waals surface area contributed by atoms with Gasteiger partial charge in [0.15, 0.2) is 9.84 Å². The Balaban J connectivity index is 2.15. The van der Waals surface area contributed by atoms with Crippen LogP contribution in [0.3, 0.4) is 0 Å². The van der Waals surface area contributed by atoms with E-state index < -0.39 is 14.8 Å². The molecule has 0 aliphatic carbocycles. The molecule has 22 heavy (non-hydrogen) atoms. The van der Waals surface area contributed by atoms with Crippen molar-refractivity contribution in [1.29, 1.82) is 0 Å². The van der Waals surface area contributed by atoms with E-state index in [1.54, 1.807) is 30.3 Å². The fourth-order valence-electron chi connectivity index (χ4n) is 1.79. The summed E-state index contributed by atoms with van der Waals surface area (Å²) in [5.41, 5.74) is 0.985. The summed E-state index contributed by atoms with van der Waals surface area (Å²) in [6, 6.07) is 12.3. The summed E-state index contributed by atoms with van der Waals surface area (Å²) in [7, 11) is -3.47. The van der Waals surface area contributed by atoms with Crippen molar-refractivity contribution in [1.82, 2.24) is 0 Å². The van der Waals surface area contributed by atoms with Crippen molar-refractivity contribution in [3.8, 4) is 0 Å². The van der Waals surface area contributed by atoms with Crippen molar-refractivity contribution in [3.05, 3.63) is 80.2 Å². The van der Waals surface area contributed by atoms with Gasteiger partial charge in [0.1, 0.15) is 0 Å². The van der Waals surface area contributed by atoms with Gasteiger partial charge in [-0.15, -0.1) is 0 Å². The zero-order chi connectivity index (χ0) is 16.2. The fraction of sp³-hybridized carbons (Fsp3) is 0.0667. The fourth-order valence-corrected chi connectivity index (χ4v) is 3.03. The van der Waals surface area contributed by atoms with Crippen LogP contribution >= 0.6 is 11.6 Å². The molecule has 2 aromatic rings. The molecule has 0 aliphatic heterocycles. The van der Waals surface area contributed by atoms with Gasteiger partial charge in [0.25, 0.3) is 5.69 Å². The smallest absolute Gasteiger partial charge is 0.258 e. The van der Waals surface area contributed by atoms with Crippen molar-refractivity contribution in [2.24, 2.45) is 0 Å². The van der Waals surface area contributed by atoms with Crippen molar-refractivity contribution in [2.75, 3.05) is 0 Å². The summed E-state index contributed by atoms with van der Waals surface area (Å²) in [6.45, 7) is 0. The first kappa shape index (κ1) is 16.2. The van der Waals surface area contributed by atoms with Gasteiger partial charge < -0.3 is 0 Å². The number of nitro benzene ring substituents is 1. The molecule has 0 spiro atoms. The molecule has 114 valence electrons. The minimum absolute atomic E-state index is 0.0859. The molecule has 7 heteroatoms. The number of rotatable bonds is 5. The Kier molecular flexibility index (Phi) is 4.95. The number of non-ortho nitro benzene ring substituents is 1. The minimum Gasteiger partial charge on any atom is -0.258 e. The molecule has 0 N–H and O–H groups in total. The number of sulfone groups is 1. The van der Waals surface area contributed by atoms with E-state index in [2.05, 4.69) is 0 Å². The lowest BCUT2D eigenvalue weighted by Gasteiger charge is -2.00. The quantitative estimate of drug-likeness (QED) is 0.613. The molecule has 0 aromatic heterocycles. The van der Waals surface area contributed by atoms with Crippen LogP contribution < -0.4 is 0 Å². The molecule has 0 heterocycles. The van der Waals surface area contributed by atoms with E-state index in [1.165, 1.54) is 24.3 Å². The van der Waals surface area contributed by atoms with Crippen LogP contribution in [0.1, 0.15) is 11.1 Å². The van der Waals surface area contributed by atoms with E-state index in [1.807, 2.05) is 0 Å². The normalized spacial score (nSPS) is 11.7. The van der Waals surface area contributed by atoms with Crippen molar-refractivity contribution >= 4 is 33.2 Å². The Bertz CT molecular complexity index is 814. The zero-order valence-corrected chi connectivity index (χ0v) is 12.9. The lowest BCUT2D eigenvalue weighted by molar-refractivity contribution is -0.384. The van der Waals surface area contributed by atoms with E-state index in [-0.39, 0.29) is 11.4 Å². The predicted molar refractivity (Wildman–Crippen MR) is 86.2 cm³/mol. The number of benzene rings is 2. The summed E-state index contributed by atoms with van der Waals surface area (Å²) in [6.07, 6.45) is 1.35. The molecular formula is C15H12ClNO4S. The van der Waals surface area contributed by atoms with Gasteiger partial charge in [-0.05, 0) is 29.3 Å². The molecule has 0 aliphatic rings. The topological polar surface area (TPSA) is 77.3 Å². The highest BCUT2D eigenvalue weighted by molar-refractivity contribution is 7.93. The number of halogens is 1. The van der Waals surface area contributed by atoms with Gasteiger partial charge in [0.05, 0.1) is 10.7 Å². The Labute approximate surface area is 132 Å². The SMILES string of the molecule is O=[N+]([O-])c1cccc(C=CS(=O)(=O)Cc2ccc(Cl)cc2)c1. The molecule has 0 bridgehead atoms. The molecular weight excluding hydrogens is 326 g/mol. The molecule has 0 saturated carbocycles. The second kappa shape index (κ2) is 6.72. The molecule has 0 unspecified atom stereocenters. The largest absolute Gasteiger partial charge is 0.270 e. The van der Waals surface area contributed by atoms with E-state index in [9.17, 15) is 18.5 Å². The van der Waals surface area contributed by atoms with Gasteiger partial charge in [-0.25, -0.2) is 8.42 Å². The van der Waals surface area contributed by atoms with E-state index in [0.29, 0.717) is 16.1 Å². The number of nitro groups is 1. The number of hydrogen-bond donors (Lipinski definition) is 0. The summed E-state index contributed by atoms with van der Waals surface area (Å²) < 4.78 is 24.0. The third-order valence-electron chi connectivity index (χ3n) is 2.83. The Morgan fingerprint density at radius 3 is 2.45 bits per heavy atom. The van der Waals surface area contributed by atoms with Crippen LogP contribution in [0.4, 0.5) is 5.69 Å². The molecule has 0 radical (unpaired) electrons. The average Bonchev–Trinajstić information content (AvgIpc) is 2.48. The first-order valence-electron chi connectivity index (χ1n) is 6.25. The highest BCUT2D eigenvalue weighted by Gasteiger charge is 2.09. The van der Waals surface area contributed by atoms with Crippen molar-refractivity contribution in [2.45, 2.75) is 5.75 Å². The zero-order valence-electron chi connectivity index (χ0n) is 11.3. The standard InChI is InChI=1S/C15H12ClNO4S/c16-14-6-4-13(5-7-14)11-22(20,21)9-8-12-2-1-3-15(10-12)17(18)19/h1-10H,11H2. The van der Waals surface area contributed by atoms with Crippen molar-refractivity contribution < 1.29 is 13.3 Å². The van der Waals surface area contributed by atoms with Gasteiger partial charge in [-0.1, -0.05) is 35.9 Å². The predicted octanol–water partition coefficient (Wildman–Crippen LogP) is 3.83. The number of nitrogens with zero attached hydrogens (tertiary/aromatic N) is 1. The van der Waals surface area contributed by atoms with Gasteiger partial charge in [0, 0.05) is 22.6 Å². The van der Waals surface area contributed by atoms with Crippen LogP contribution in [0.2, 0.25) is 5.02 Å². The van der Waals surface area contributed by atoms with Crippen LogP contribution in [0.25, 0.3) is 6.08 Å². The maximum absolute atomic E-state index is 12.0. The molecule has 0 fully saturated rings. The Hall–Kier alpha value is -2.18. The monoisotopic (exact) mass is 337 g/mol. The van der Waals surface area contributed by atoms with Gasteiger partial charge >= 0.3 is 0 Å². The maximum atomic E-state index is 12.0. The first-order valence-corrected chi connectivity index (χ1v) is 8.35. The summed E-state index contributed by atoms with van der Waals surface area (Å²) >= 11 is 5.75. The van der Waals surface area contributed by atoms with Crippen molar-refractivity contribution in [3.63, 3.8) is 0 Å². The van der Waals surface area contributed by atoms with E-state index in [0.717, 1.165) is 5.41 Å². The van der Waals surface area contributed by atoms with Crippen LogP contribution in [0.15, 0.2) is 53.9 Å². The van der Waals surface area contributed by atoms with Gasteiger partial charge in [-0.3, -0.25) is 10.1 Å². The summed E-state index contributed by atoms with van der Waals surface area (Å²) in [5, 5.41) is 12.3. The molecule has 2 aromatic carbocycles. The summed E-state index contributed by atoms with van der Waals surface area (Å²) in [5.74, 6) is -0.157. The Morgan fingerprint density at radius 1 is 1.14 bits per heavy atom. The lowest BCUT2D eigenvalue weighted by atomic mass is 10.2. The highest BCUT2D eigenvalue weighted by Crippen LogP contribution is 2.16. The van der Waals surface area contributed by atoms with Crippen LogP contribution in [0, 0.1) is 10.1 Å². The highest BCUT2D eigenvalue weighted by atomic mass is 35.5. The maximum Gasteiger partial charge on any atom is 0.270 e. The second-order valence-corrected chi connectivity index (χ2v) is 6.91. The van der Waals surface area contributed by atoms with Gasteiger partial charge in [0.2, 0.25) is 0 Å². The molecule has 0 atom stereocenters. The minimum atomic E-state index is -3.47. The summed E-state index contributed by atoms with van der Waals surface area (Å²) in [4.78, 5) is 10.1. The lowest BCUT2D eigenvalue weighted by Crippen LogP contribution is -1.99. The van der Waals surface area contributed by atoms with E-state index in [4.69, 9.17) is 11.6 Å². The number of hydrogen-bond acceptors (Lipinski definition) is 4. The van der Waals surface area contributed by atoms with Crippen LogP contribution in [-0.2, 0) is 15.6 Å². The second-order valence-electron chi connectivity index (χ2n) is 4.59. The molecule has 0 saturated heterocycles. The van der Waals surface area contributed by atoms with Crippen LogP contribution in [-0.4, -0.2) is 13.3 Å². The average molecular weight is 338 g/mol. The molecule has 5 nitrogen and oxygen atoms in total. The third kappa shape index (κ3) is 4.68. The van der Waals surface area contributed by atoms with Crippen LogP contribution in [0.5, 0.6) is 0 Å². The molecule has 2 rings (SSSR count). The Morgan fingerprint density at radius 2 is 1.82 bits per heavy atom. The van der Waals surface area contributed by atoms with E-state index >= 15 is 0 Å². The van der Waals surface area contributed by atoms with Gasteiger partial charge in [-0.2, -0.15) is 0 Å². The third-order valence-corrected chi connectivity index (χ3v) is 4.37. The first-order chi connectivity index (χ1) is 10.4.